The highest BCUT2D eigenvalue weighted by molar-refractivity contribution is 7.09. The highest BCUT2D eigenvalue weighted by atomic mass is 32.1. The van der Waals surface area contributed by atoms with Crippen molar-refractivity contribution in [3.63, 3.8) is 0 Å². The second-order valence-corrected chi connectivity index (χ2v) is 7.22. The third kappa shape index (κ3) is 2.78. The van der Waals surface area contributed by atoms with Crippen LogP contribution in [0.2, 0.25) is 0 Å². The molecule has 4 rings (SSSR count). The van der Waals surface area contributed by atoms with Crippen molar-refractivity contribution >= 4 is 17.2 Å². The predicted molar refractivity (Wildman–Crippen MR) is 81.0 cm³/mol. The van der Waals surface area contributed by atoms with Gasteiger partial charge in [-0.15, -0.1) is 11.3 Å². The summed E-state index contributed by atoms with van der Waals surface area (Å²) < 4.78 is 5.89. The first-order valence-electron chi connectivity index (χ1n) is 7.98. The number of aromatic nitrogens is 1. The molecule has 0 N–H and O–H groups in total. The van der Waals surface area contributed by atoms with E-state index in [9.17, 15) is 4.79 Å². The molecule has 7 heteroatoms. The Balaban J connectivity index is 1.38. The van der Waals surface area contributed by atoms with Gasteiger partial charge in [0, 0.05) is 37.1 Å². The molecule has 3 saturated heterocycles. The van der Waals surface area contributed by atoms with Gasteiger partial charge in [0.2, 0.25) is 0 Å². The van der Waals surface area contributed by atoms with E-state index in [4.69, 9.17) is 9.57 Å². The number of thiazole rings is 1. The van der Waals surface area contributed by atoms with Gasteiger partial charge in [-0.05, 0) is 12.8 Å². The summed E-state index contributed by atoms with van der Waals surface area (Å²) in [6, 6.07) is 0. The van der Waals surface area contributed by atoms with Crippen molar-refractivity contribution in [3.05, 3.63) is 16.6 Å². The molecule has 120 valence electrons. The summed E-state index contributed by atoms with van der Waals surface area (Å²) >= 11 is 1.68. The summed E-state index contributed by atoms with van der Waals surface area (Å²) in [5, 5.41) is 4.70. The van der Waals surface area contributed by atoms with Gasteiger partial charge in [-0.1, -0.05) is 0 Å². The maximum Gasteiger partial charge on any atom is 0.251 e. The molecule has 22 heavy (non-hydrogen) atoms. The zero-order chi connectivity index (χ0) is 14.9. The first-order chi connectivity index (χ1) is 10.8. The fourth-order valence-electron chi connectivity index (χ4n) is 3.66. The van der Waals surface area contributed by atoms with Crippen LogP contribution in [0, 0.1) is 11.8 Å². The summed E-state index contributed by atoms with van der Waals surface area (Å²) in [6.07, 6.45) is 4.09. The summed E-state index contributed by atoms with van der Waals surface area (Å²) in [4.78, 5) is 24.9. The van der Waals surface area contributed by atoms with Crippen molar-refractivity contribution in [1.82, 2.24) is 14.9 Å². The molecule has 1 aromatic rings. The number of hydrogen-bond acceptors (Lipinski definition) is 6. The summed E-state index contributed by atoms with van der Waals surface area (Å²) in [6.45, 7) is 4.58. The van der Waals surface area contributed by atoms with Crippen LogP contribution in [0.1, 0.15) is 17.8 Å². The Morgan fingerprint density at radius 1 is 1.41 bits per heavy atom. The standard InChI is InChI=1S/C15H21N3O3S/c19-15(18-4-1-2-5-21-18)12-10-20-13-8-17(7-11(12)13)9-14-16-3-6-22-14/h3,6,11-13H,1-2,4-5,7-10H2/t11-,12+,13-/m0/s1. The minimum atomic E-state index is -0.0515. The van der Waals surface area contributed by atoms with Crippen LogP contribution in [0.15, 0.2) is 11.6 Å². The number of fused-ring (bicyclic) bond motifs is 1. The molecular weight excluding hydrogens is 302 g/mol. The van der Waals surface area contributed by atoms with Crippen LogP contribution in [-0.2, 0) is 20.9 Å². The fourth-order valence-corrected chi connectivity index (χ4v) is 4.31. The van der Waals surface area contributed by atoms with Crippen molar-refractivity contribution in [1.29, 1.82) is 0 Å². The molecule has 0 aromatic carbocycles. The molecule has 0 spiro atoms. The minimum Gasteiger partial charge on any atom is -0.376 e. The second-order valence-electron chi connectivity index (χ2n) is 6.24. The molecule has 3 atom stereocenters. The van der Waals surface area contributed by atoms with Gasteiger partial charge < -0.3 is 4.74 Å². The molecule has 3 aliphatic heterocycles. The van der Waals surface area contributed by atoms with E-state index in [2.05, 4.69) is 9.88 Å². The molecule has 0 saturated carbocycles. The summed E-state index contributed by atoms with van der Waals surface area (Å²) in [5.41, 5.74) is 0. The van der Waals surface area contributed by atoms with Gasteiger partial charge in [0.1, 0.15) is 5.01 Å². The van der Waals surface area contributed by atoms with E-state index in [1.54, 1.807) is 16.4 Å². The monoisotopic (exact) mass is 323 g/mol. The van der Waals surface area contributed by atoms with E-state index in [0.29, 0.717) is 13.2 Å². The number of rotatable bonds is 3. The number of ether oxygens (including phenoxy) is 1. The molecule has 4 heterocycles. The average Bonchev–Trinajstić information content (AvgIpc) is 3.25. The lowest BCUT2D eigenvalue weighted by Gasteiger charge is -2.29. The molecule has 1 aromatic heterocycles. The molecule has 0 unspecified atom stereocenters. The van der Waals surface area contributed by atoms with E-state index < -0.39 is 0 Å². The van der Waals surface area contributed by atoms with E-state index in [1.165, 1.54) is 0 Å². The number of amides is 1. The lowest BCUT2D eigenvalue weighted by molar-refractivity contribution is -0.202. The highest BCUT2D eigenvalue weighted by Gasteiger charge is 2.48. The molecule has 3 aliphatic rings. The van der Waals surface area contributed by atoms with Crippen LogP contribution in [-0.4, -0.2) is 59.8 Å². The number of likely N-dealkylation sites (tertiary alicyclic amines) is 1. The van der Waals surface area contributed by atoms with Gasteiger partial charge in [0.25, 0.3) is 5.91 Å². The van der Waals surface area contributed by atoms with Crippen molar-refractivity contribution < 1.29 is 14.4 Å². The first-order valence-corrected chi connectivity index (χ1v) is 8.86. The lowest BCUT2D eigenvalue weighted by atomic mass is 9.92. The van der Waals surface area contributed by atoms with Crippen LogP contribution in [0.4, 0.5) is 0 Å². The Bertz CT molecular complexity index is 518. The van der Waals surface area contributed by atoms with E-state index in [0.717, 1.165) is 44.0 Å². The molecule has 3 fully saturated rings. The summed E-state index contributed by atoms with van der Waals surface area (Å²) in [7, 11) is 0. The molecular formula is C15H21N3O3S. The van der Waals surface area contributed by atoms with Crippen molar-refractivity contribution in [2.24, 2.45) is 11.8 Å². The van der Waals surface area contributed by atoms with Crippen LogP contribution in [0.3, 0.4) is 0 Å². The summed E-state index contributed by atoms with van der Waals surface area (Å²) in [5.74, 6) is 0.352. The SMILES string of the molecule is O=C([C@@H]1CO[C@H]2CN(Cc3nccs3)C[C@H]21)N1CCCCO1. The Morgan fingerprint density at radius 2 is 2.36 bits per heavy atom. The molecule has 0 aliphatic carbocycles. The van der Waals surface area contributed by atoms with Crippen LogP contribution >= 0.6 is 11.3 Å². The number of nitrogens with zero attached hydrogens (tertiary/aromatic N) is 3. The van der Waals surface area contributed by atoms with Gasteiger partial charge in [-0.3, -0.25) is 14.5 Å². The Labute approximate surface area is 134 Å². The van der Waals surface area contributed by atoms with E-state index >= 15 is 0 Å². The minimum absolute atomic E-state index is 0.0515. The topological polar surface area (TPSA) is 54.9 Å². The Kier molecular flexibility index (Phi) is 4.13. The number of carbonyl (C=O) groups excluding carboxylic acids is 1. The lowest BCUT2D eigenvalue weighted by Crippen LogP contribution is -2.42. The predicted octanol–water partition coefficient (Wildman–Crippen LogP) is 1.14. The number of hydrogen-bond donors (Lipinski definition) is 0. The van der Waals surface area contributed by atoms with Gasteiger partial charge in [0.15, 0.2) is 0 Å². The molecule has 0 bridgehead atoms. The van der Waals surface area contributed by atoms with Gasteiger partial charge >= 0.3 is 0 Å². The zero-order valence-corrected chi connectivity index (χ0v) is 13.3. The smallest absolute Gasteiger partial charge is 0.251 e. The third-order valence-electron chi connectivity index (χ3n) is 4.80. The largest absolute Gasteiger partial charge is 0.376 e. The molecule has 1 amide bonds. The highest BCUT2D eigenvalue weighted by Crippen LogP contribution is 2.35. The fraction of sp³-hybridized carbons (Fsp3) is 0.733. The van der Waals surface area contributed by atoms with Crippen LogP contribution in [0.5, 0.6) is 0 Å². The van der Waals surface area contributed by atoms with Gasteiger partial charge in [-0.2, -0.15) is 0 Å². The van der Waals surface area contributed by atoms with Crippen molar-refractivity contribution in [2.75, 3.05) is 32.8 Å². The van der Waals surface area contributed by atoms with E-state index in [-0.39, 0.29) is 23.8 Å². The number of carbonyl (C=O) groups is 1. The average molecular weight is 323 g/mol. The zero-order valence-electron chi connectivity index (χ0n) is 12.5. The number of hydroxylamine groups is 2. The van der Waals surface area contributed by atoms with Crippen molar-refractivity contribution in [2.45, 2.75) is 25.5 Å². The second kappa shape index (κ2) is 6.23. The molecule has 6 nitrogen and oxygen atoms in total. The maximum atomic E-state index is 12.7. The quantitative estimate of drug-likeness (QED) is 0.835. The van der Waals surface area contributed by atoms with E-state index in [1.807, 2.05) is 11.6 Å². The third-order valence-corrected chi connectivity index (χ3v) is 5.56. The van der Waals surface area contributed by atoms with Gasteiger partial charge in [0.05, 0.1) is 31.8 Å². The Morgan fingerprint density at radius 3 is 3.14 bits per heavy atom. The van der Waals surface area contributed by atoms with Gasteiger partial charge in [-0.25, -0.2) is 10.0 Å². The Hall–Kier alpha value is -1.02. The van der Waals surface area contributed by atoms with Crippen LogP contribution in [0.25, 0.3) is 0 Å². The maximum absolute atomic E-state index is 12.7. The first kappa shape index (κ1) is 14.6. The normalized spacial score (nSPS) is 32.4. The van der Waals surface area contributed by atoms with Crippen molar-refractivity contribution in [3.8, 4) is 0 Å². The molecule has 0 radical (unpaired) electrons. The van der Waals surface area contributed by atoms with Crippen LogP contribution < -0.4 is 0 Å².